The molecular formula is C18H17Cl2NOS. The van der Waals surface area contributed by atoms with Crippen molar-refractivity contribution in [1.82, 2.24) is 4.90 Å². The SMILES string of the molecule is S=C(c1ccc(OCc2ccccc2Cl)c(Cl)c1)N1CCCC1. The van der Waals surface area contributed by atoms with Crippen LogP contribution >= 0.6 is 35.4 Å². The first-order valence-corrected chi connectivity index (χ1v) is 8.76. The van der Waals surface area contributed by atoms with E-state index in [9.17, 15) is 0 Å². The van der Waals surface area contributed by atoms with Crippen LogP contribution in [0.1, 0.15) is 24.0 Å². The predicted molar refractivity (Wildman–Crippen MR) is 99.7 cm³/mol. The van der Waals surface area contributed by atoms with E-state index in [0.29, 0.717) is 22.4 Å². The van der Waals surface area contributed by atoms with Gasteiger partial charge in [-0.25, -0.2) is 0 Å². The normalized spacial score (nSPS) is 14.1. The van der Waals surface area contributed by atoms with Gasteiger partial charge in [0.25, 0.3) is 0 Å². The average molecular weight is 366 g/mol. The van der Waals surface area contributed by atoms with Crippen molar-refractivity contribution >= 4 is 40.4 Å². The molecule has 1 heterocycles. The van der Waals surface area contributed by atoms with E-state index in [-0.39, 0.29) is 0 Å². The van der Waals surface area contributed by atoms with E-state index in [2.05, 4.69) is 4.90 Å². The Morgan fingerprint density at radius 3 is 2.48 bits per heavy atom. The molecule has 3 rings (SSSR count). The van der Waals surface area contributed by atoms with Crippen LogP contribution in [0, 0.1) is 0 Å². The van der Waals surface area contributed by atoms with Gasteiger partial charge in [0.2, 0.25) is 0 Å². The smallest absolute Gasteiger partial charge is 0.138 e. The number of nitrogens with zero attached hydrogens (tertiary/aromatic N) is 1. The summed E-state index contributed by atoms with van der Waals surface area (Å²) in [6, 6.07) is 13.3. The summed E-state index contributed by atoms with van der Waals surface area (Å²) in [5.41, 5.74) is 1.90. The lowest BCUT2D eigenvalue weighted by Gasteiger charge is -2.19. The van der Waals surface area contributed by atoms with Gasteiger partial charge in [0, 0.05) is 29.2 Å². The second-order valence-corrected chi connectivity index (χ2v) is 6.73. The first-order chi connectivity index (χ1) is 11.1. The molecule has 1 saturated heterocycles. The number of thiocarbonyl (C=S) groups is 1. The van der Waals surface area contributed by atoms with Crippen molar-refractivity contribution in [3.05, 3.63) is 63.6 Å². The van der Waals surface area contributed by atoms with Crippen LogP contribution < -0.4 is 4.74 Å². The van der Waals surface area contributed by atoms with Crippen LogP contribution in [-0.2, 0) is 6.61 Å². The zero-order valence-corrected chi connectivity index (χ0v) is 14.9. The third kappa shape index (κ3) is 3.97. The third-order valence-electron chi connectivity index (χ3n) is 3.91. The van der Waals surface area contributed by atoms with E-state index in [1.165, 1.54) is 12.8 Å². The van der Waals surface area contributed by atoms with Gasteiger partial charge in [0.15, 0.2) is 0 Å². The van der Waals surface area contributed by atoms with E-state index in [1.807, 2.05) is 42.5 Å². The summed E-state index contributed by atoms with van der Waals surface area (Å²) in [4.78, 5) is 3.09. The first-order valence-electron chi connectivity index (χ1n) is 7.60. The molecule has 0 radical (unpaired) electrons. The third-order valence-corrected chi connectivity index (χ3v) is 5.07. The Bertz CT molecular complexity index is 714. The molecule has 0 unspecified atom stereocenters. The van der Waals surface area contributed by atoms with E-state index < -0.39 is 0 Å². The lowest BCUT2D eigenvalue weighted by atomic mass is 10.2. The molecule has 0 atom stereocenters. The standard InChI is InChI=1S/C18H17Cl2NOS/c19-15-6-2-1-5-14(15)12-22-17-8-7-13(11-16(17)20)18(23)21-9-3-4-10-21/h1-2,5-8,11H,3-4,9-10,12H2. The fourth-order valence-corrected chi connectivity index (χ4v) is 3.36. The Morgan fingerprint density at radius 2 is 1.78 bits per heavy atom. The van der Waals surface area contributed by atoms with Gasteiger partial charge in [-0.3, -0.25) is 0 Å². The fraction of sp³-hybridized carbons (Fsp3) is 0.278. The molecule has 0 aliphatic carbocycles. The molecule has 1 aliphatic heterocycles. The highest BCUT2D eigenvalue weighted by molar-refractivity contribution is 7.80. The highest BCUT2D eigenvalue weighted by Crippen LogP contribution is 2.28. The topological polar surface area (TPSA) is 12.5 Å². The summed E-state index contributed by atoms with van der Waals surface area (Å²) in [6.07, 6.45) is 2.40. The van der Waals surface area contributed by atoms with Crippen molar-refractivity contribution in [2.75, 3.05) is 13.1 Å². The Kier molecular flexibility index (Phi) is 5.42. The first kappa shape index (κ1) is 16.6. The molecule has 2 nitrogen and oxygen atoms in total. The van der Waals surface area contributed by atoms with Crippen molar-refractivity contribution in [3.8, 4) is 5.75 Å². The minimum atomic E-state index is 0.384. The maximum absolute atomic E-state index is 6.35. The molecule has 0 aromatic heterocycles. The van der Waals surface area contributed by atoms with Crippen LogP contribution in [0.5, 0.6) is 5.75 Å². The maximum atomic E-state index is 6.35. The molecule has 0 N–H and O–H groups in total. The Hall–Kier alpha value is -1.29. The maximum Gasteiger partial charge on any atom is 0.138 e. The number of ether oxygens (including phenoxy) is 1. The lowest BCUT2D eigenvalue weighted by Crippen LogP contribution is -2.26. The molecule has 0 spiro atoms. The molecular weight excluding hydrogens is 349 g/mol. The molecule has 1 fully saturated rings. The second-order valence-electron chi connectivity index (χ2n) is 5.52. The summed E-state index contributed by atoms with van der Waals surface area (Å²) in [5.74, 6) is 0.638. The summed E-state index contributed by atoms with van der Waals surface area (Å²) >= 11 is 18.0. The molecule has 23 heavy (non-hydrogen) atoms. The van der Waals surface area contributed by atoms with Gasteiger partial charge in [-0.1, -0.05) is 53.6 Å². The van der Waals surface area contributed by atoms with Gasteiger partial charge in [-0.15, -0.1) is 0 Å². The largest absolute Gasteiger partial charge is 0.487 e. The molecule has 2 aromatic carbocycles. The van der Waals surface area contributed by atoms with Gasteiger partial charge in [-0.2, -0.15) is 0 Å². The average Bonchev–Trinajstić information content (AvgIpc) is 3.09. The van der Waals surface area contributed by atoms with Crippen LogP contribution in [0.4, 0.5) is 0 Å². The summed E-state index contributed by atoms with van der Waals surface area (Å²) in [7, 11) is 0. The number of halogens is 2. The molecule has 1 aliphatic rings. The monoisotopic (exact) mass is 365 g/mol. The zero-order valence-electron chi connectivity index (χ0n) is 12.6. The van der Waals surface area contributed by atoms with Crippen molar-refractivity contribution < 1.29 is 4.74 Å². The van der Waals surface area contributed by atoms with Crippen molar-refractivity contribution in [1.29, 1.82) is 0 Å². The van der Waals surface area contributed by atoms with Crippen LogP contribution in [0.2, 0.25) is 10.0 Å². The molecule has 0 bridgehead atoms. The molecule has 5 heteroatoms. The summed E-state index contributed by atoms with van der Waals surface area (Å²) in [6.45, 7) is 2.44. The van der Waals surface area contributed by atoms with Crippen LogP contribution in [-0.4, -0.2) is 23.0 Å². The van der Waals surface area contributed by atoms with Crippen LogP contribution in [0.15, 0.2) is 42.5 Å². The quantitative estimate of drug-likeness (QED) is 0.678. The number of benzene rings is 2. The Morgan fingerprint density at radius 1 is 1.04 bits per heavy atom. The van der Waals surface area contributed by atoms with E-state index >= 15 is 0 Å². The Balaban J connectivity index is 1.69. The summed E-state index contributed by atoms with van der Waals surface area (Å²) in [5, 5.41) is 1.26. The molecule has 2 aromatic rings. The van der Waals surface area contributed by atoms with E-state index in [4.69, 9.17) is 40.2 Å². The number of hydrogen-bond donors (Lipinski definition) is 0. The molecule has 120 valence electrons. The van der Waals surface area contributed by atoms with Crippen molar-refractivity contribution in [3.63, 3.8) is 0 Å². The number of rotatable bonds is 4. The number of hydrogen-bond acceptors (Lipinski definition) is 2. The van der Waals surface area contributed by atoms with Gasteiger partial charge in [0.05, 0.1) is 5.02 Å². The molecule has 0 saturated carbocycles. The van der Waals surface area contributed by atoms with Crippen molar-refractivity contribution in [2.45, 2.75) is 19.4 Å². The van der Waals surface area contributed by atoms with Gasteiger partial charge < -0.3 is 9.64 Å². The summed E-state index contributed by atoms with van der Waals surface area (Å²) < 4.78 is 5.79. The van der Waals surface area contributed by atoms with Crippen LogP contribution in [0.3, 0.4) is 0 Å². The highest BCUT2D eigenvalue weighted by Gasteiger charge is 2.17. The lowest BCUT2D eigenvalue weighted by molar-refractivity contribution is 0.306. The van der Waals surface area contributed by atoms with Gasteiger partial charge in [-0.05, 0) is 37.1 Å². The molecule has 0 amide bonds. The van der Waals surface area contributed by atoms with Gasteiger partial charge in [0.1, 0.15) is 17.3 Å². The number of likely N-dealkylation sites (tertiary alicyclic amines) is 1. The van der Waals surface area contributed by atoms with Crippen molar-refractivity contribution in [2.24, 2.45) is 0 Å². The van der Waals surface area contributed by atoms with E-state index in [0.717, 1.165) is 29.2 Å². The minimum absolute atomic E-state index is 0.384. The highest BCUT2D eigenvalue weighted by atomic mass is 35.5. The zero-order chi connectivity index (χ0) is 16.2. The van der Waals surface area contributed by atoms with Gasteiger partial charge >= 0.3 is 0 Å². The van der Waals surface area contributed by atoms with E-state index in [1.54, 1.807) is 0 Å². The predicted octanol–water partition coefficient (Wildman–Crippen LogP) is 5.34. The Labute approximate surface area is 152 Å². The fourth-order valence-electron chi connectivity index (χ4n) is 2.62. The van der Waals surface area contributed by atoms with Crippen LogP contribution in [0.25, 0.3) is 0 Å². The minimum Gasteiger partial charge on any atom is -0.487 e. The second kappa shape index (κ2) is 7.52.